The molecule has 3 amide bonds. The summed E-state index contributed by atoms with van der Waals surface area (Å²) in [6, 6.07) is 35.2. The highest BCUT2D eigenvalue weighted by Gasteiger charge is 2.36. The van der Waals surface area contributed by atoms with Crippen LogP contribution in [-0.2, 0) is 32.0 Å². The van der Waals surface area contributed by atoms with Crippen LogP contribution in [0.25, 0.3) is 11.3 Å². The zero-order valence-electron chi connectivity index (χ0n) is 31.6. The van der Waals surface area contributed by atoms with Crippen LogP contribution in [-0.4, -0.2) is 82.0 Å². The van der Waals surface area contributed by atoms with Crippen molar-refractivity contribution in [2.75, 3.05) is 25.6 Å². The molecule has 286 valence electrons. The highest BCUT2D eigenvalue weighted by atomic mass is 16.6. The maximum absolute atomic E-state index is 14.2. The van der Waals surface area contributed by atoms with Crippen molar-refractivity contribution in [1.82, 2.24) is 25.2 Å². The standard InChI is InChI=1S/C43H48N6O6/c1-43(2,3)55-42(52)49-27-35(54-29-34(49)26-48-28-37(46-47-48)30-16-8-5-9-17-30)25-24-31-18-14-15-23-36(31)44-40(50)39(45-41(51)53-4)38(32-19-10-6-11-20-32)33-21-12-7-13-22-33/h5-23,28,34-35,38-39H,24-27,29H2,1-4H3,(H,44,50)(H,45,51)/t34-,35-,39+/m1/s1. The Bertz CT molecular complexity index is 1980. The lowest BCUT2D eigenvalue weighted by Gasteiger charge is -2.40. The van der Waals surface area contributed by atoms with Gasteiger partial charge >= 0.3 is 12.2 Å². The minimum absolute atomic E-state index is 0.282. The summed E-state index contributed by atoms with van der Waals surface area (Å²) in [6.45, 7) is 6.52. The zero-order valence-corrected chi connectivity index (χ0v) is 31.6. The summed E-state index contributed by atoms with van der Waals surface area (Å²) in [6.07, 6.45) is 1.56. The Morgan fingerprint density at radius 3 is 2.13 bits per heavy atom. The van der Waals surface area contributed by atoms with Crippen LogP contribution in [0.1, 0.15) is 49.8 Å². The Morgan fingerprint density at radius 2 is 1.49 bits per heavy atom. The monoisotopic (exact) mass is 744 g/mol. The van der Waals surface area contributed by atoms with Gasteiger partial charge < -0.3 is 24.8 Å². The lowest BCUT2D eigenvalue weighted by Crippen LogP contribution is -2.55. The lowest BCUT2D eigenvalue weighted by molar-refractivity contribution is -0.118. The average molecular weight is 745 g/mol. The van der Waals surface area contributed by atoms with E-state index in [0.717, 1.165) is 27.9 Å². The molecule has 0 spiro atoms. The van der Waals surface area contributed by atoms with E-state index in [-0.39, 0.29) is 18.8 Å². The summed E-state index contributed by atoms with van der Waals surface area (Å²) in [5.74, 6) is -0.898. The van der Waals surface area contributed by atoms with Gasteiger partial charge in [0.05, 0.1) is 45.1 Å². The molecule has 0 saturated carbocycles. The van der Waals surface area contributed by atoms with Gasteiger partial charge in [-0.3, -0.25) is 9.69 Å². The van der Waals surface area contributed by atoms with Gasteiger partial charge in [0, 0.05) is 17.2 Å². The Morgan fingerprint density at radius 1 is 0.873 bits per heavy atom. The zero-order chi connectivity index (χ0) is 38.8. The second-order valence-corrected chi connectivity index (χ2v) is 14.5. The largest absolute Gasteiger partial charge is 0.453 e. The molecule has 55 heavy (non-hydrogen) atoms. The molecule has 2 heterocycles. The van der Waals surface area contributed by atoms with E-state index < -0.39 is 35.7 Å². The summed E-state index contributed by atoms with van der Waals surface area (Å²) in [4.78, 5) is 42.2. The summed E-state index contributed by atoms with van der Waals surface area (Å²) in [5.41, 5.74) is 4.24. The first-order valence-corrected chi connectivity index (χ1v) is 18.5. The third-order valence-corrected chi connectivity index (χ3v) is 9.40. The Labute approximate surface area is 321 Å². The maximum Gasteiger partial charge on any atom is 0.410 e. The number of alkyl carbamates (subject to hydrolysis) is 1. The maximum atomic E-state index is 14.2. The van der Waals surface area contributed by atoms with E-state index in [1.165, 1.54) is 7.11 Å². The van der Waals surface area contributed by atoms with Gasteiger partial charge in [-0.2, -0.15) is 0 Å². The van der Waals surface area contributed by atoms with Crippen LogP contribution in [0, 0.1) is 0 Å². The second kappa shape index (κ2) is 17.9. The molecule has 1 aliphatic heterocycles. The van der Waals surface area contributed by atoms with Gasteiger partial charge in [-0.25, -0.2) is 14.3 Å². The molecule has 1 saturated heterocycles. The molecular formula is C43H48N6O6. The number of benzene rings is 4. The molecule has 1 aliphatic rings. The van der Waals surface area contributed by atoms with Crippen molar-refractivity contribution in [3.8, 4) is 11.3 Å². The SMILES string of the molecule is COC(=O)N[C@H](C(=O)Nc1ccccc1CC[C@@H]1CN(C(=O)OC(C)(C)C)[C@H](Cn2cc(-c3ccccc3)nn2)CO1)C(c1ccccc1)c1ccccc1. The van der Waals surface area contributed by atoms with Gasteiger partial charge in [0.2, 0.25) is 5.91 Å². The predicted octanol–water partition coefficient (Wildman–Crippen LogP) is 7.08. The number of nitrogens with zero attached hydrogens (tertiary/aromatic N) is 4. The summed E-state index contributed by atoms with van der Waals surface area (Å²) in [7, 11) is 1.27. The van der Waals surface area contributed by atoms with Crippen LogP contribution < -0.4 is 10.6 Å². The van der Waals surface area contributed by atoms with Gasteiger partial charge in [0.25, 0.3) is 0 Å². The average Bonchev–Trinajstić information content (AvgIpc) is 3.66. The predicted molar refractivity (Wildman–Crippen MR) is 209 cm³/mol. The molecular weight excluding hydrogens is 697 g/mol. The number of nitrogens with one attached hydrogen (secondary N) is 2. The third-order valence-electron chi connectivity index (χ3n) is 9.40. The van der Waals surface area contributed by atoms with E-state index in [4.69, 9.17) is 14.2 Å². The number of para-hydroxylation sites is 1. The molecule has 3 atom stereocenters. The lowest BCUT2D eigenvalue weighted by atomic mass is 9.84. The summed E-state index contributed by atoms with van der Waals surface area (Å²) < 4.78 is 18.9. The first-order chi connectivity index (χ1) is 26.6. The number of amides is 3. The van der Waals surface area contributed by atoms with E-state index in [1.54, 1.807) is 9.58 Å². The molecule has 5 aromatic rings. The molecule has 2 N–H and O–H groups in total. The molecule has 0 unspecified atom stereocenters. The van der Waals surface area contributed by atoms with Crippen LogP contribution >= 0.6 is 0 Å². The summed E-state index contributed by atoms with van der Waals surface area (Å²) in [5, 5.41) is 14.6. The van der Waals surface area contributed by atoms with E-state index >= 15 is 0 Å². The number of aromatic nitrogens is 3. The number of rotatable bonds is 12. The van der Waals surface area contributed by atoms with Crippen molar-refractivity contribution in [3.63, 3.8) is 0 Å². The highest BCUT2D eigenvalue weighted by Crippen LogP contribution is 2.30. The van der Waals surface area contributed by atoms with Gasteiger partial charge in [0.15, 0.2) is 0 Å². The minimum atomic E-state index is -1.000. The number of methoxy groups -OCH3 is 1. The van der Waals surface area contributed by atoms with Crippen molar-refractivity contribution in [3.05, 3.63) is 138 Å². The van der Waals surface area contributed by atoms with Crippen molar-refractivity contribution >= 4 is 23.8 Å². The molecule has 0 radical (unpaired) electrons. The number of ether oxygens (including phenoxy) is 3. The van der Waals surface area contributed by atoms with Gasteiger partial charge in [-0.05, 0) is 56.4 Å². The fourth-order valence-corrected chi connectivity index (χ4v) is 6.74. The molecule has 12 heteroatoms. The normalized spacial score (nSPS) is 16.3. The third kappa shape index (κ3) is 10.4. The van der Waals surface area contributed by atoms with Crippen LogP contribution in [0.3, 0.4) is 0 Å². The number of hydrogen-bond acceptors (Lipinski definition) is 8. The number of hydrogen-bond donors (Lipinski definition) is 2. The molecule has 6 rings (SSSR count). The van der Waals surface area contributed by atoms with Gasteiger partial charge in [-0.15, -0.1) is 5.10 Å². The van der Waals surface area contributed by atoms with Crippen LogP contribution in [0.2, 0.25) is 0 Å². The fourth-order valence-electron chi connectivity index (χ4n) is 6.74. The number of carbonyl (C=O) groups is 3. The van der Waals surface area contributed by atoms with Crippen LogP contribution in [0.5, 0.6) is 0 Å². The van der Waals surface area contributed by atoms with Crippen molar-refractivity contribution in [1.29, 1.82) is 0 Å². The molecule has 1 aromatic heterocycles. The van der Waals surface area contributed by atoms with E-state index in [2.05, 4.69) is 20.9 Å². The number of carbonyl (C=O) groups excluding carboxylic acids is 3. The Balaban J connectivity index is 1.17. The van der Waals surface area contributed by atoms with Crippen molar-refractivity contribution < 1.29 is 28.6 Å². The molecule has 12 nitrogen and oxygen atoms in total. The van der Waals surface area contributed by atoms with E-state index in [1.807, 2.05) is 142 Å². The molecule has 4 aromatic carbocycles. The first kappa shape index (κ1) is 38.7. The second-order valence-electron chi connectivity index (χ2n) is 14.5. The molecule has 0 bridgehead atoms. The van der Waals surface area contributed by atoms with Gasteiger partial charge in [0.1, 0.15) is 17.3 Å². The van der Waals surface area contributed by atoms with Gasteiger partial charge in [-0.1, -0.05) is 114 Å². The Hall–Kier alpha value is -6.01. The van der Waals surface area contributed by atoms with E-state index in [9.17, 15) is 14.4 Å². The first-order valence-electron chi connectivity index (χ1n) is 18.5. The van der Waals surface area contributed by atoms with Crippen LogP contribution in [0.4, 0.5) is 15.3 Å². The van der Waals surface area contributed by atoms with Crippen molar-refractivity contribution in [2.24, 2.45) is 0 Å². The Kier molecular flexibility index (Phi) is 12.6. The topological polar surface area (TPSA) is 137 Å². The number of anilines is 1. The van der Waals surface area contributed by atoms with Crippen LogP contribution in [0.15, 0.2) is 121 Å². The fraction of sp³-hybridized carbons (Fsp3) is 0.326. The number of aryl methyl sites for hydroxylation is 1. The highest BCUT2D eigenvalue weighted by molar-refractivity contribution is 5.98. The quantitative estimate of drug-likeness (QED) is 0.138. The molecule has 1 fully saturated rings. The molecule has 0 aliphatic carbocycles. The van der Waals surface area contributed by atoms with E-state index in [0.29, 0.717) is 31.6 Å². The van der Waals surface area contributed by atoms with Crippen molar-refractivity contribution in [2.45, 2.75) is 69.9 Å². The minimum Gasteiger partial charge on any atom is -0.453 e. The summed E-state index contributed by atoms with van der Waals surface area (Å²) >= 11 is 0. The number of morpholine rings is 1. The smallest absolute Gasteiger partial charge is 0.410 e.